The number of carbonyl (C=O) groups is 1. The van der Waals surface area contributed by atoms with Gasteiger partial charge in [0.1, 0.15) is 5.75 Å². The lowest BCUT2D eigenvalue weighted by Gasteiger charge is -2.08. The van der Waals surface area contributed by atoms with Crippen LogP contribution in [0.4, 0.5) is 5.13 Å². The summed E-state index contributed by atoms with van der Waals surface area (Å²) in [6.07, 6.45) is 0. The van der Waals surface area contributed by atoms with Gasteiger partial charge >= 0.3 is 0 Å². The number of nitrogens with zero attached hydrogens (tertiary/aromatic N) is 1. The number of nitrogens with one attached hydrogen (secondary N) is 1. The van der Waals surface area contributed by atoms with E-state index >= 15 is 0 Å². The average Bonchev–Trinajstić information content (AvgIpc) is 2.90. The van der Waals surface area contributed by atoms with E-state index in [1.54, 1.807) is 0 Å². The summed E-state index contributed by atoms with van der Waals surface area (Å²) in [6.45, 7) is 1.85. The second kappa shape index (κ2) is 5.93. The van der Waals surface area contributed by atoms with E-state index in [2.05, 4.69) is 10.3 Å². The number of aromatic nitrogens is 1. The van der Waals surface area contributed by atoms with Gasteiger partial charge in [-0.15, -0.1) is 11.3 Å². The van der Waals surface area contributed by atoms with Gasteiger partial charge in [0.05, 0.1) is 5.69 Å². The van der Waals surface area contributed by atoms with Crippen LogP contribution in [0.15, 0.2) is 47.8 Å². The number of thiazole rings is 1. The fraction of sp³-hybridized carbons (Fsp3) is 0.125. The normalized spacial score (nSPS) is 10.5. The van der Waals surface area contributed by atoms with E-state index in [9.17, 15) is 4.79 Å². The van der Waals surface area contributed by atoms with Crippen LogP contribution in [0, 0.1) is 6.92 Å². The third-order valence-corrected chi connectivity index (χ3v) is 3.85. The summed E-state index contributed by atoms with van der Waals surface area (Å²) in [7, 11) is 0. The van der Waals surface area contributed by atoms with Gasteiger partial charge in [-0.05, 0) is 18.4 Å². The minimum absolute atomic E-state index is 0.0351. The van der Waals surface area contributed by atoms with Crippen LogP contribution in [0.3, 0.4) is 0 Å². The summed E-state index contributed by atoms with van der Waals surface area (Å²) in [5.41, 5.74) is 0.894. The summed E-state index contributed by atoms with van der Waals surface area (Å²) >= 11 is 1.40. The highest BCUT2D eigenvalue weighted by Crippen LogP contribution is 2.25. The predicted octanol–water partition coefficient (Wildman–Crippen LogP) is 3.62. The molecule has 5 heteroatoms. The Labute approximate surface area is 126 Å². The Kier molecular flexibility index (Phi) is 3.83. The Hall–Kier alpha value is -2.40. The fourth-order valence-electron chi connectivity index (χ4n) is 2.03. The molecule has 0 spiro atoms. The summed E-state index contributed by atoms with van der Waals surface area (Å²) in [6, 6.07) is 13.7. The molecular weight excluding hydrogens is 284 g/mol. The Bertz CT molecular complexity index is 777. The van der Waals surface area contributed by atoms with Crippen molar-refractivity contribution >= 4 is 33.1 Å². The van der Waals surface area contributed by atoms with Gasteiger partial charge in [0, 0.05) is 10.8 Å². The minimum Gasteiger partial charge on any atom is -0.483 e. The Morgan fingerprint density at radius 3 is 2.86 bits per heavy atom. The van der Waals surface area contributed by atoms with Crippen molar-refractivity contribution in [3.05, 3.63) is 53.5 Å². The summed E-state index contributed by atoms with van der Waals surface area (Å²) in [5.74, 6) is 0.496. The quantitative estimate of drug-likeness (QED) is 0.800. The highest BCUT2D eigenvalue weighted by atomic mass is 32.1. The fourth-order valence-corrected chi connectivity index (χ4v) is 2.74. The molecule has 1 amide bonds. The van der Waals surface area contributed by atoms with Crippen molar-refractivity contribution in [1.82, 2.24) is 4.98 Å². The molecule has 4 nitrogen and oxygen atoms in total. The van der Waals surface area contributed by atoms with Crippen LogP contribution >= 0.6 is 11.3 Å². The first kappa shape index (κ1) is 13.6. The molecule has 0 unspecified atom stereocenters. The third-order valence-electron chi connectivity index (χ3n) is 2.97. The monoisotopic (exact) mass is 298 g/mol. The lowest BCUT2D eigenvalue weighted by Crippen LogP contribution is -2.20. The Morgan fingerprint density at radius 1 is 1.24 bits per heavy atom. The number of rotatable bonds is 4. The Morgan fingerprint density at radius 2 is 2.05 bits per heavy atom. The smallest absolute Gasteiger partial charge is 0.264 e. The molecule has 0 aliphatic heterocycles. The van der Waals surface area contributed by atoms with Crippen LogP contribution in [0.1, 0.15) is 5.69 Å². The zero-order valence-electron chi connectivity index (χ0n) is 11.5. The van der Waals surface area contributed by atoms with Crippen molar-refractivity contribution in [2.24, 2.45) is 0 Å². The van der Waals surface area contributed by atoms with Gasteiger partial charge in [-0.25, -0.2) is 4.98 Å². The molecule has 0 aliphatic rings. The van der Waals surface area contributed by atoms with E-state index in [-0.39, 0.29) is 12.5 Å². The van der Waals surface area contributed by atoms with Crippen LogP contribution in [0.25, 0.3) is 10.8 Å². The molecule has 1 heterocycles. The van der Waals surface area contributed by atoms with Crippen molar-refractivity contribution in [1.29, 1.82) is 0 Å². The van der Waals surface area contributed by atoms with E-state index in [0.29, 0.717) is 10.9 Å². The van der Waals surface area contributed by atoms with Crippen molar-refractivity contribution in [3.8, 4) is 5.75 Å². The first-order valence-electron chi connectivity index (χ1n) is 6.55. The molecule has 3 aromatic rings. The minimum atomic E-state index is -0.211. The second-order valence-corrected chi connectivity index (χ2v) is 5.47. The molecule has 0 fully saturated rings. The van der Waals surface area contributed by atoms with Gasteiger partial charge < -0.3 is 4.74 Å². The number of amides is 1. The first-order valence-corrected chi connectivity index (χ1v) is 7.43. The maximum atomic E-state index is 11.9. The van der Waals surface area contributed by atoms with Crippen LogP contribution < -0.4 is 10.1 Å². The highest BCUT2D eigenvalue weighted by Gasteiger charge is 2.07. The molecule has 106 valence electrons. The zero-order valence-corrected chi connectivity index (χ0v) is 12.3. The zero-order chi connectivity index (χ0) is 14.7. The third kappa shape index (κ3) is 3.20. The van der Waals surface area contributed by atoms with Gasteiger partial charge in [-0.1, -0.05) is 36.4 Å². The van der Waals surface area contributed by atoms with Gasteiger partial charge in [-0.2, -0.15) is 0 Å². The molecule has 1 aromatic heterocycles. The number of anilines is 1. The number of hydrogen-bond donors (Lipinski definition) is 1. The van der Waals surface area contributed by atoms with E-state index in [1.165, 1.54) is 11.3 Å². The van der Waals surface area contributed by atoms with Gasteiger partial charge in [0.2, 0.25) is 0 Å². The molecular formula is C16H14N2O2S. The molecule has 0 bridgehead atoms. The average molecular weight is 298 g/mol. The molecule has 3 rings (SSSR count). The Balaban J connectivity index is 1.67. The number of benzene rings is 2. The molecule has 0 atom stereocenters. The molecule has 0 aliphatic carbocycles. The van der Waals surface area contributed by atoms with Crippen LogP contribution in [0.5, 0.6) is 5.75 Å². The van der Waals surface area contributed by atoms with Crippen molar-refractivity contribution in [3.63, 3.8) is 0 Å². The van der Waals surface area contributed by atoms with Gasteiger partial charge in [-0.3, -0.25) is 10.1 Å². The SMILES string of the molecule is Cc1csc(NC(=O)COc2cccc3ccccc23)n1. The standard InChI is InChI=1S/C16H14N2O2S/c1-11-10-21-16(17-11)18-15(19)9-20-14-8-4-6-12-5-2-3-7-13(12)14/h2-8,10H,9H2,1H3,(H,17,18,19). The molecule has 21 heavy (non-hydrogen) atoms. The summed E-state index contributed by atoms with van der Waals surface area (Å²) < 4.78 is 5.62. The number of fused-ring (bicyclic) bond motifs is 1. The largest absolute Gasteiger partial charge is 0.483 e. The first-order chi connectivity index (χ1) is 10.2. The number of ether oxygens (including phenoxy) is 1. The summed E-state index contributed by atoms with van der Waals surface area (Å²) in [5, 5.41) is 7.30. The van der Waals surface area contributed by atoms with E-state index in [0.717, 1.165) is 16.5 Å². The van der Waals surface area contributed by atoms with Crippen LogP contribution in [0.2, 0.25) is 0 Å². The van der Waals surface area contributed by atoms with Crippen molar-refractivity contribution in [2.75, 3.05) is 11.9 Å². The van der Waals surface area contributed by atoms with Crippen molar-refractivity contribution in [2.45, 2.75) is 6.92 Å². The second-order valence-electron chi connectivity index (χ2n) is 4.61. The lowest BCUT2D eigenvalue weighted by atomic mass is 10.1. The molecule has 0 saturated heterocycles. The number of hydrogen-bond acceptors (Lipinski definition) is 4. The molecule has 1 N–H and O–H groups in total. The number of carbonyl (C=O) groups excluding carboxylic acids is 1. The van der Waals surface area contributed by atoms with Crippen LogP contribution in [-0.2, 0) is 4.79 Å². The highest BCUT2D eigenvalue weighted by molar-refractivity contribution is 7.13. The molecule has 0 saturated carbocycles. The van der Waals surface area contributed by atoms with Gasteiger partial charge in [0.15, 0.2) is 11.7 Å². The summed E-state index contributed by atoms with van der Waals surface area (Å²) in [4.78, 5) is 16.0. The van der Waals surface area contributed by atoms with Crippen LogP contribution in [-0.4, -0.2) is 17.5 Å². The molecule has 2 aromatic carbocycles. The topological polar surface area (TPSA) is 51.2 Å². The van der Waals surface area contributed by atoms with Gasteiger partial charge in [0.25, 0.3) is 5.91 Å². The lowest BCUT2D eigenvalue weighted by molar-refractivity contribution is -0.118. The van der Waals surface area contributed by atoms with E-state index < -0.39 is 0 Å². The van der Waals surface area contributed by atoms with E-state index in [4.69, 9.17) is 4.74 Å². The van der Waals surface area contributed by atoms with Crippen molar-refractivity contribution < 1.29 is 9.53 Å². The number of aryl methyl sites for hydroxylation is 1. The van der Waals surface area contributed by atoms with E-state index in [1.807, 2.05) is 54.8 Å². The maximum absolute atomic E-state index is 11.9. The maximum Gasteiger partial charge on any atom is 0.264 e. The predicted molar refractivity (Wildman–Crippen MR) is 84.9 cm³/mol. The molecule has 0 radical (unpaired) electrons.